The number of aryl methyl sites for hydroxylation is 1. The van der Waals surface area contributed by atoms with E-state index in [0.717, 1.165) is 40.9 Å². The summed E-state index contributed by atoms with van der Waals surface area (Å²) in [5.41, 5.74) is 3.17. The van der Waals surface area contributed by atoms with E-state index in [2.05, 4.69) is 17.0 Å². The zero-order valence-electron chi connectivity index (χ0n) is 16.6. The Morgan fingerprint density at radius 2 is 1.86 bits per heavy atom. The molecule has 1 aromatic carbocycles. The lowest BCUT2D eigenvalue weighted by atomic mass is 10.1. The minimum Gasteiger partial charge on any atom is -0.378 e. The summed E-state index contributed by atoms with van der Waals surface area (Å²) in [4.78, 5) is 42.9. The molecule has 3 saturated heterocycles. The summed E-state index contributed by atoms with van der Waals surface area (Å²) in [5, 5.41) is -0.394. The summed E-state index contributed by atoms with van der Waals surface area (Å²) in [6.07, 6.45) is 4.20. The molecule has 0 N–H and O–H groups in total. The van der Waals surface area contributed by atoms with Gasteiger partial charge in [-0.1, -0.05) is 6.07 Å². The van der Waals surface area contributed by atoms with E-state index in [4.69, 9.17) is 4.74 Å². The number of ether oxygens (including phenoxy) is 1. The van der Waals surface area contributed by atoms with Crippen LogP contribution in [-0.4, -0.2) is 72.8 Å². The third-order valence-corrected chi connectivity index (χ3v) is 6.45. The summed E-state index contributed by atoms with van der Waals surface area (Å²) in [5.74, 6) is -0.618. The van der Waals surface area contributed by atoms with E-state index < -0.39 is 11.1 Å². The minimum atomic E-state index is -0.398. The van der Waals surface area contributed by atoms with Gasteiger partial charge in [0.1, 0.15) is 6.54 Å². The van der Waals surface area contributed by atoms with Crippen LogP contribution in [0.4, 0.5) is 10.5 Å². The number of thioether (sulfide) groups is 1. The molecule has 0 aliphatic carbocycles. The molecule has 7 nitrogen and oxygen atoms in total. The summed E-state index contributed by atoms with van der Waals surface area (Å²) in [7, 11) is 0. The monoisotopic (exact) mass is 415 g/mol. The average Bonchev–Trinajstić information content (AvgIpc) is 3.35. The molecule has 8 heteroatoms. The number of hydrogen-bond acceptors (Lipinski definition) is 6. The third kappa shape index (κ3) is 4.33. The highest BCUT2D eigenvalue weighted by atomic mass is 32.2. The molecule has 3 aliphatic rings. The van der Waals surface area contributed by atoms with Crippen molar-refractivity contribution in [2.75, 3.05) is 50.8 Å². The second kappa shape index (κ2) is 8.59. The summed E-state index contributed by atoms with van der Waals surface area (Å²) >= 11 is 0.896. The van der Waals surface area contributed by atoms with Crippen molar-refractivity contribution >= 4 is 40.6 Å². The van der Waals surface area contributed by atoms with Crippen LogP contribution in [-0.2, 0) is 14.3 Å². The van der Waals surface area contributed by atoms with Crippen molar-refractivity contribution in [2.24, 2.45) is 0 Å². The van der Waals surface area contributed by atoms with E-state index in [1.165, 1.54) is 18.5 Å². The number of imide groups is 1. The van der Waals surface area contributed by atoms with E-state index in [9.17, 15) is 14.4 Å². The Morgan fingerprint density at radius 3 is 2.55 bits per heavy atom. The lowest BCUT2D eigenvalue weighted by Crippen LogP contribution is -2.46. The van der Waals surface area contributed by atoms with Crippen molar-refractivity contribution in [3.8, 4) is 0 Å². The number of anilines is 1. The molecular weight excluding hydrogens is 390 g/mol. The second-order valence-electron chi connectivity index (χ2n) is 7.50. The van der Waals surface area contributed by atoms with Gasteiger partial charge in [-0.2, -0.15) is 0 Å². The number of carbonyl (C=O) groups excluding carboxylic acids is 3. The molecule has 0 saturated carbocycles. The number of carbonyl (C=O) groups is 3. The molecule has 0 atom stereocenters. The predicted octanol–water partition coefficient (Wildman–Crippen LogP) is 2.49. The topological polar surface area (TPSA) is 70.2 Å². The number of benzene rings is 1. The lowest BCUT2D eigenvalue weighted by Gasteiger charge is -2.28. The lowest BCUT2D eigenvalue weighted by molar-refractivity contribution is -0.139. The predicted molar refractivity (Wildman–Crippen MR) is 113 cm³/mol. The quantitative estimate of drug-likeness (QED) is 0.704. The molecule has 4 rings (SSSR count). The van der Waals surface area contributed by atoms with Crippen LogP contribution < -0.4 is 4.90 Å². The summed E-state index contributed by atoms with van der Waals surface area (Å²) in [6.45, 7) is 5.91. The van der Waals surface area contributed by atoms with Crippen LogP contribution >= 0.6 is 11.8 Å². The second-order valence-corrected chi connectivity index (χ2v) is 8.49. The van der Waals surface area contributed by atoms with Crippen LogP contribution in [0.25, 0.3) is 6.08 Å². The van der Waals surface area contributed by atoms with Crippen molar-refractivity contribution in [2.45, 2.75) is 19.8 Å². The molecule has 3 fully saturated rings. The van der Waals surface area contributed by atoms with Gasteiger partial charge >= 0.3 is 0 Å². The molecule has 154 valence electrons. The van der Waals surface area contributed by atoms with E-state index >= 15 is 0 Å². The highest BCUT2D eigenvalue weighted by molar-refractivity contribution is 8.18. The molecular formula is C21H25N3O4S. The van der Waals surface area contributed by atoms with Crippen molar-refractivity contribution < 1.29 is 19.1 Å². The zero-order chi connectivity index (χ0) is 20.4. The number of morpholine rings is 1. The first-order valence-corrected chi connectivity index (χ1v) is 10.8. The number of hydrogen-bond donors (Lipinski definition) is 0. The van der Waals surface area contributed by atoms with Gasteiger partial charge < -0.3 is 14.5 Å². The van der Waals surface area contributed by atoms with Gasteiger partial charge in [-0.15, -0.1) is 0 Å². The summed E-state index contributed by atoms with van der Waals surface area (Å²) in [6, 6.07) is 6.19. The average molecular weight is 416 g/mol. The van der Waals surface area contributed by atoms with E-state index in [1.54, 1.807) is 11.0 Å². The molecule has 0 unspecified atom stereocenters. The van der Waals surface area contributed by atoms with E-state index in [1.807, 2.05) is 13.0 Å². The van der Waals surface area contributed by atoms with Gasteiger partial charge in [0, 0.05) is 31.9 Å². The van der Waals surface area contributed by atoms with Gasteiger partial charge in [-0.05, 0) is 60.9 Å². The SMILES string of the molecule is Cc1cc(N2CCCC2)ccc1/C=C1/SC(=O)N(CC(=O)N2CCOCC2)C1=O. The van der Waals surface area contributed by atoms with Crippen LogP contribution in [0.2, 0.25) is 0 Å². The summed E-state index contributed by atoms with van der Waals surface area (Å²) < 4.78 is 5.24. The molecule has 0 bridgehead atoms. The van der Waals surface area contributed by atoms with Crippen molar-refractivity contribution in [1.29, 1.82) is 0 Å². The van der Waals surface area contributed by atoms with Crippen molar-refractivity contribution in [3.05, 3.63) is 34.2 Å². The van der Waals surface area contributed by atoms with E-state index in [0.29, 0.717) is 31.2 Å². The molecule has 0 spiro atoms. The highest BCUT2D eigenvalue weighted by Gasteiger charge is 2.37. The Morgan fingerprint density at radius 1 is 1.14 bits per heavy atom. The Bertz CT molecular complexity index is 857. The fourth-order valence-corrected chi connectivity index (χ4v) is 4.65. The first-order chi connectivity index (χ1) is 14.0. The van der Waals surface area contributed by atoms with Crippen LogP contribution in [0.15, 0.2) is 23.1 Å². The number of nitrogens with zero attached hydrogens (tertiary/aromatic N) is 3. The minimum absolute atomic E-state index is 0.213. The Labute approximate surface area is 174 Å². The Hall–Kier alpha value is -2.32. The largest absolute Gasteiger partial charge is 0.378 e. The van der Waals surface area contributed by atoms with Gasteiger partial charge in [0.05, 0.1) is 18.1 Å². The molecule has 29 heavy (non-hydrogen) atoms. The smallest absolute Gasteiger partial charge is 0.294 e. The van der Waals surface area contributed by atoms with Gasteiger partial charge in [0.15, 0.2) is 0 Å². The molecule has 0 radical (unpaired) electrons. The molecule has 3 aliphatic heterocycles. The maximum Gasteiger partial charge on any atom is 0.294 e. The molecule has 0 aromatic heterocycles. The molecule has 3 amide bonds. The van der Waals surface area contributed by atoms with Crippen molar-refractivity contribution in [3.63, 3.8) is 0 Å². The zero-order valence-corrected chi connectivity index (χ0v) is 17.4. The first kappa shape index (κ1) is 20.0. The Balaban J connectivity index is 1.46. The maximum absolute atomic E-state index is 12.7. The number of rotatable bonds is 4. The fraction of sp³-hybridized carbons (Fsp3) is 0.476. The van der Waals surface area contributed by atoms with E-state index in [-0.39, 0.29) is 12.5 Å². The Kier molecular flexibility index (Phi) is 5.91. The molecule has 3 heterocycles. The van der Waals surface area contributed by atoms with Crippen LogP contribution in [0.1, 0.15) is 24.0 Å². The standard InChI is InChI=1S/C21H25N3O4S/c1-15-12-17(22-6-2-3-7-22)5-4-16(15)13-18-20(26)24(21(27)29-18)14-19(25)23-8-10-28-11-9-23/h4-5,12-13H,2-3,6-11,14H2,1H3/b18-13+. The van der Waals surface area contributed by atoms with Crippen molar-refractivity contribution in [1.82, 2.24) is 9.80 Å². The first-order valence-electron chi connectivity index (χ1n) is 9.99. The third-order valence-electron chi connectivity index (χ3n) is 5.54. The maximum atomic E-state index is 12.7. The van der Waals surface area contributed by atoms with Gasteiger partial charge in [0.25, 0.3) is 11.1 Å². The fourth-order valence-electron chi connectivity index (χ4n) is 3.82. The number of amides is 3. The van der Waals surface area contributed by atoms with Gasteiger partial charge in [-0.3, -0.25) is 19.3 Å². The van der Waals surface area contributed by atoms with Crippen LogP contribution in [0.5, 0.6) is 0 Å². The van der Waals surface area contributed by atoms with Gasteiger partial charge in [-0.25, -0.2) is 0 Å². The molecule has 1 aromatic rings. The van der Waals surface area contributed by atoms with Crippen LogP contribution in [0.3, 0.4) is 0 Å². The highest BCUT2D eigenvalue weighted by Crippen LogP contribution is 2.33. The van der Waals surface area contributed by atoms with Crippen LogP contribution in [0, 0.1) is 6.92 Å². The normalized spacial score (nSPS) is 21.6. The van der Waals surface area contributed by atoms with Gasteiger partial charge in [0.2, 0.25) is 5.91 Å².